The second-order valence-corrected chi connectivity index (χ2v) is 8.69. The van der Waals surface area contributed by atoms with Gasteiger partial charge in [-0.05, 0) is 43.5 Å². The molecule has 0 aromatic heterocycles. The van der Waals surface area contributed by atoms with Crippen LogP contribution in [-0.2, 0) is 24.4 Å². The van der Waals surface area contributed by atoms with Gasteiger partial charge in [0.2, 0.25) is 15.9 Å². The summed E-state index contributed by atoms with van der Waals surface area (Å²) in [5.41, 5.74) is 0.244. The highest BCUT2D eigenvalue weighted by atomic mass is 32.2. The standard InChI is InChI=1S/C19H25N3O7S/c23-13-3-11-21-19(27)16-4-2-12-22(16)30(28,29)15-8-6-14(7-9-15)18(26)20-10-1-5-17(24)25/h6-9,13,16H,1-5,10-12H2,(H,20,26)(H,21,27)(H,24,25). The van der Waals surface area contributed by atoms with E-state index in [0.29, 0.717) is 25.5 Å². The highest BCUT2D eigenvalue weighted by Gasteiger charge is 2.39. The molecule has 1 aliphatic rings. The van der Waals surface area contributed by atoms with Crippen LogP contribution in [0.1, 0.15) is 42.5 Å². The lowest BCUT2D eigenvalue weighted by Gasteiger charge is -2.23. The van der Waals surface area contributed by atoms with Gasteiger partial charge < -0.3 is 20.5 Å². The summed E-state index contributed by atoms with van der Waals surface area (Å²) in [5.74, 6) is -1.82. The fraction of sp³-hybridized carbons (Fsp3) is 0.474. The fourth-order valence-electron chi connectivity index (χ4n) is 3.12. The van der Waals surface area contributed by atoms with E-state index >= 15 is 0 Å². The van der Waals surface area contributed by atoms with E-state index in [1.54, 1.807) is 0 Å². The van der Waals surface area contributed by atoms with Crippen LogP contribution < -0.4 is 10.6 Å². The Bertz CT molecular complexity index is 884. The van der Waals surface area contributed by atoms with Gasteiger partial charge in [-0.25, -0.2) is 8.42 Å². The summed E-state index contributed by atoms with van der Waals surface area (Å²) in [6.07, 6.45) is 2.00. The zero-order chi connectivity index (χ0) is 22.1. The van der Waals surface area contributed by atoms with Crippen LogP contribution in [0.15, 0.2) is 29.2 Å². The Kier molecular flexibility index (Phi) is 8.48. The first kappa shape index (κ1) is 23.5. The molecule has 1 fully saturated rings. The molecule has 0 saturated carbocycles. The SMILES string of the molecule is O=CCCNC(=O)C1CCCN1S(=O)(=O)c1ccc(C(=O)NCCCC(=O)O)cc1. The largest absolute Gasteiger partial charge is 0.481 e. The summed E-state index contributed by atoms with van der Waals surface area (Å²) in [6.45, 7) is 0.558. The number of hydrogen-bond acceptors (Lipinski definition) is 6. The zero-order valence-electron chi connectivity index (χ0n) is 16.4. The van der Waals surface area contributed by atoms with E-state index in [1.165, 1.54) is 24.3 Å². The van der Waals surface area contributed by atoms with E-state index in [-0.39, 0.29) is 42.9 Å². The predicted octanol–water partition coefficient (Wildman–Crippen LogP) is 0.140. The summed E-state index contributed by atoms with van der Waals surface area (Å²) in [6, 6.07) is 4.52. The number of carbonyl (C=O) groups is 4. The van der Waals surface area contributed by atoms with Crippen LogP contribution in [-0.4, -0.2) is 67.6 Å². The average Bonchev–Trinajstić information content (AvgIpc) is 3.22. The molecule has 1 heterocycles. The third-order valence-corrected chi connectivity index (χ3v) is 6.57. The van der Waals surface area contributed by atoms with Gasteiger partial charge in [0.25, 0.3) is 5.91 Å². The quantitative estimate of drug-likeness (QED) is 0.328. The van der Waals surface area contributed by atoms with Gasteiger partial charge in [-0.2, -0.15) is 4.31 Å². The lowest BCUT2D eigenvalue weighted by Crippen LogP contribution is -2.46. The molecule has 1 atom stereocenters. The number of carboxylic acid groups (broad SMARTS) is 1. The Morgan fingerprint density at radius 3 is 2.47 bits per heavy atom. The van der Waals surface area contributed by atoms with Crippen molar-refractivity contribution in [2.45, 2.75) is 43.0 Å². The molecule has 3 N–H and O–H groups in total. The van der Waals surface area contributed by atoms with Gasteiger partial charge in [-0.15, -0.1) is 0 Å². The maximum Gasteiger partial charge on any atom is 0.303 e. The third kappa shape index (κ3) is 6.10. The summed E-state index contributed by atoms with van der Waals surface area (Å²) in [5, 5.41) is 13.7. The van der Waals surface area contributed by atoms with Crippen molar-refractivity contribution in [2.75, 3.05) is 19.6 Å². The Hall–Kier alpha value is -2.79. The molecule has 0 aliphatic carbocycles. The first-order chi connectivity index (χ1) is 14.3. The molecule has 11 heteroatoms. The minimum absolute atomic E-state index is 0.0301. The maximum atomic E-state index is 13.0. The second kappa shape index (κ2) is 10.8. The molecular weight excluding hydrogens is 414 g/mol. The van der Waals surface area contributed by atoms with Crippen LogP contribution in [0, 0.1) is 0 Å². The number of nitrogens with zero attached hydrogens (tertiary/aromatic N) is 1. The molecule has 1 aromatic carbocycles. The minimum atomic E-state index is -3.93. The lowest BCUT2D eigenvalue weighted by molar-refractivity contribution is -0.137. The van der Waals surface area contributed by atoms with Gasteiger partial charge in [0.15, 0.2) is 0 Å². The third-order valence-electron chi connectivity index (χ3n) is 4.64. The molecule has 2 rings (SSSR count). The van der Waals surface area contributed by atoms with Gasteiger partial charge >= 0.3 is 5.97 Å². The smallest absolute Gasteiger partial charge is 0.303 e. The number of benzene rings is 1. The topological polar surface area (TPSA) is 150 Å². The number of rotatable bonds is 11. The fourth-order valence-corrected chi connectivity index (χ4v) is 4.78. The van der Waals surface area contributed by atoms with Crippen molar-refractivity contribution in [3.63, 3.8) is 0 Å². The van der Waals surface area contributed by atoms with Crippen LogP contribution >= 0.6 is 0 Å². The molecule has 164 valence electrons. The predicted molar refractivity (Wildman–Crippen MR) is 106 cm³/mol. The number of aldehydes is 1. The molecule has 1 aliphatic heterocycles. The number of carboxylic acids is 1. The van der Waals surface area contributed by atoms with Gasteiger partial charge in [0.05, 0.1) is 4.90 Å². The first-order valence-corrected chi connectivity index (χ1v) is 11.0. The molecule has 2 amide bonds. The van der Waals surface area contributed by atoms with Crippen LogP contribution in [0.25, 0.3) is 0 Å². The van der Waals surface area contributed by atoms with E-state index in [4.69, 9.17) is 5.11 Å². The van der Waals surface area contributed by atoms with Crippen LogP contribution in [0.2, 0.25) is 0 Å². The normalized spacial score (nSPS) is 16.7. The van der Waals surface area contributed by atoms with Crippen molar-refractivity contribution in [1.82, 2.24) is 14.9 Å². The molecule has 1 unspecified atom stereocenters. The molecule has 1 aromatic rings. The van der Waals surface area contributed by atoms with Crippen molar-refractivity contribution >= 4 is 34.1 Å². The summed E-state index contributed by atoms with van der Waals surface area (Å²) in [4.78, 5) is 45.2. The Labute approximate surface area is 174 Å². The number of amides is 2. The van der Waals surface area contributed by atoms with E-state index < -0.39 is 33.8 Å². The molecule has 30 heavy (non-hydrogen) atoms. The Morgan fingerprint density at radius 2 is 1.83 bits per heavy atom. The Balaban J connectivity index is 2.03. The van der Waals surface area contributed by atoms with Crippen molar-refractivity contribution in [1.29, 1.82) is 0 Å². The number of carbonyl (C=O) groups excluding carboxylic acids is 3. The van der Waals surface area contributed by atoms with Gasteiger partial charge in [0, 0.05) is 38.0 Å². The molecule has 0 spiro atoms. The minimum Gasteiger partial charge on any atom is -0.481 e. The monoisotopic (exact) mass is 439 g/mol. The van der Waals surface area contributed by atoms with E-state index in [0.717, 1.165) is 4.31 Å². The van der Waals surface area contributed by atoms with Crippen LogP contribution in [0.3, 0.4) is 0 Å². The van der Waals surface area contributed by atoms with Gasteiger partial charge in [-0.3, -0.25) is 14.4 Å². The van der Waals surface area contributed by atoms with Crippen LogP contribution in [0.4, 0.5) is 0 Å². The van der Waals surface area contributed by atoms with E-state index in [9.17, 15) is 27.6 Å². The second-order valence-electron chi connectivity index (χ2n) is 6.80. The summed E-state index contributed by atoms with van der Waals surface area (Å²) >= 11 is 0. The molecule has 0 radical (unpaired) electrons. The van der Waals surface area contributed by atoms with E-state index in [2.05, 4.69) is 10.6 Å². The number of aliphatic carboxylic acids is 1. The van der Waals surface area contributed by atoms with Crippen molar-refractivity contribution in [2.24, 2.45) is 0 Å². The first-order valence-electron chi connectivity index (χ1n) is 9.60. The van der Waals surface area contributed by atoms with Gasteiger partial charge in [0.1, 0.15) is 12.3 Å². The van der Waals surface area contributed by atoms with Crippen molar-refractivity contribution in [3.05, 3.63) is 29.8 Å². The summed E-state index contributed by atoms with van der Waals surface area (Å²) in [7, 11) is -3.93. The zero-order valence-corrected chi connectivity index (χ0v) is 17.2. The molecule has 1 saturated heterocycles. The maximum absolute atomic E-state index is 13.0. The van der Waals surface area contributed by atoms with Crippen molar-refractivity contribution < 1.29 is 32.7 Å². The highest BCUT2D eigenvalue weighted by molar-refractivity contribution is 7.89. The number of sulfonamides is 1. The molecule has 0 bridgehead atoms. The molecule has 10 nitrogen and oxygen atoms in total. The highest BCUT2D eigenvalue weighted by Crippen LogP contribution is 2.26. The van der Waals surface area contributed by atoms with E-state index in [1.807, 2.05) is 0 Å². The van der Waals surface area contributed by atoms with Gasteiger partial charge in [-0.1, -0.05) is 0 Å². The molecular formula is C19H25N3O7S. The summed E-state index contributed by atoms with van der Waals surface area (Å²) < 4.78 is 27.1. The lowest BCUT2D eigenvalue weighted by atomic mass is 10.2. The average molecular weight is 439 g/mol. The van der Waals surface area contributed by atoms with Crippen molar-refractivity contribution in [3.8, 4) is 0 Å². The van der Waals surface area contributed by atoms with Crippen LogP contribution in [0.5, 0.6) is 0 Å². The Morgan fingerprint density at radius 1 is 1.13 bits per heavy atom. The number of hydrogen-bond donors (Lipinski definition) is 3. The number of nitrogens with one attached hydrogen (secondary N) is 2.